The van der Waals surface area contributed by atoms with Crippen molar-refractivity contribution in [1.82, 2.24) is 4.90 Å². The molecule has 1 aliphatic rings. The number of hydrogen-bond acceptors (Lipinski definition) is 3. The predicted molar refractivity (Wildman–Crippen MR) is 119 cm³/mol. The molecule has 0 aromatic heterocycles. The van der Waals surface area contributed by atoms with Crippen LogP contribution >= 0.6 is 0 Å². The lowest BCUT2D eigenvalue weighted by molar-refractivity contribution is -0.115. The van der Waals surface area contributed by atoms with Crippen LogP contribution in [-0.4, -0.2) is 37.0 Å². The van der Waals surface area contributed by atoms with Crippen LogP contribution < -0.4 is 10.2 Å². The number of carbonyl (C=O) groups excluding carboxylic acids is 1. The second kappa shape index (κ2) is 9.39. The van der Waals surface area contributed by atoms with Crippen molar-refractivity contribution in [2.75, 3.05) is 36.4 Å². The lowest BCUT2D eigenvalue weighted by atomic mass is 10.1. The lowest BCUT2D eigenvalue weighted by Gasteiger charge is -2.36. The van der Waals surface area contributed by atoms with E-state index in [9.17, 15) is 4.79 Å². The van der Waals surface area contributed by atoms with Gasteiger partial charge in [-0.15, -0.1) is 0 Å². The van der Waals surface area contributed by atoms with E-state index in [-0.39, 0.29) is 5.91 Å². The number of benzene rings is 3. The molecule has 3 aromatic rings. The lowest BCUT2D eigenvalue weighted by Crippen LogP contribution is -2.45. The monoisotopic (exact) mass is 385 g/mol. The number of nitrogens with one attached hydrogen (secondary N) is 1. The fourth-order valence-corrected chi connectivity index (χ4v) is 3.74. The summed E-state index contributed by atoms with van der Waals surface area (Å²) in [5.74, 6) is 0.0148. The topological polar surface area (TPSA) is 35.6 Å². The van der Waals surface area contributed by atoms with Crippen molar-refractivity contribution in [3.63, 3.8) is 0 Å². The molecule has 0 saturated carbocycles. The number of carbonyl (C=O) groups is 1. The van der Waals surface area contributed by atoms with Crippen LogP contribution in [0.2, 0.25) is 0 Å². The molecule has 1 heterocycles. The summed E-state index contributed by atoms with van der Waals surface area (Å²) < 4.78 is 0. The predicted octanol–water partition coefficient (Wildman–Crippen LogP) is 4.19. The smallest absolute Gasteiger partial charge is 0.228 e. The van der Waals surface area contributed by atoms with Crippen LogP contribution in [-0.2, 0) is 17.8 Å². The van der Waals surface area contributed by atoms with Gasteiger partial charge in [0, 0.05) is 44.1 Å². The normalized spacial score (nSPS) is 14.6. The Bertz CT molecular complexity index is 902. The summed E-state index contributed by atoms with van der Waals surface area (Å²) in [7, 11) is 0. The summed E-state index contributed by atoms with van der Waals surface area (Å²) in [5.41, 5.74) is 4.46. The second-order valence-corrected chi connectivity index (χ2v) is 7.51. The number of nitrogens with zero attached hydrogens (tertiary/aromatic N) is 2. The van der Waals surface area contributed by atoms with E-state index in [2.05, 4.69) is 57.6 Å². The quantitative estimate of drug-likeness (QED) is 0.691. The van der Waals surface area contributed by atoms with Crippen LogP contribution in [0.3, 0.4) is 0 Å². The van der Waals surface area contributed by atoms with Crippen molar-refractivity contribution in [2.24, 2.45) is 0 Å². The first-order valence-electron chi connectivity index (χ1n) is 10.2. The Morgan fingerprint density at radius 2 is 1.34 bits per heavy atom. The van der Waals surface area contributed by atoms with E-state index in [1.165, 1.54) is 11.3 Å². The Balaban J connectivity index is 1.25. The van der Waals surface area contributed by atoms with Gasteiger partial charge < -0.3 is 10.2 Å². The van der Waals surface area contributed by atoms with Crippen LogP contribution in [0.1, 0.15) is 11.1 Å². The molecular formula is C25H27N3O. The molecule has 29 heavy (non-hydrogen) atoms. The average molecular weight is 386 g/mol. The highest BCUT2D eigenvalue weighted by Gasteiger charge is 2.17. The third-order valence-electron chi connectivity index (χ3n) is 5.35. The van der Waals surface area contributed by atoms with Crippen molar-refractivity contribution < 1.29 is 4.79 Å². The maximum absolute atomic E-state index is 12.2. The first kappa shape index (κ1) is 19.2. The Kier molecular flexibility index (Phi) is 6.22. The zero-order valence-corrected chi connectivity index (χ0v) is 16.6. The molecule has 4 nitrogen and oxygen atoms in total. The molecule has 4 heteroatoms. The number of hydrogen-bond donors (Lipinski definition) is 1. The minimum Gasteiger partial charge on any atom is -0.369 e. The molecular weight excluding hydrogens is 358 g/mol. The van der Waals surface area contributed by atoms with Crippen LogP contribution in [0.15, 0.2) is 84.9 Å². The van der Waals surface area contributed by atoms with Gasteiger partial charge in [-0.25, -0.2) is 0 Å². The molecule has 0 aliphatic carbocycles. The van der Waals surface area contributed by atoms with Crippen LogP contribution in [0.5, 0.6) is 0 Å². The van der Waals surface area contributed by atoms with Gasteiger partial charge in [-0.05, 0) is 35.4 Å². The van der Waals surface area contributed by atoms with Crippen molar-refractivity contribution >= 4 is 17.3 Å². The number of piperazine rings is 1. The van der Waals surface area contributed by atoms with Gasteiger partial charge in [0.2, 0.25) is 5.91 Å². The molecule has 0 radical (unpaired) electrons. The van der Waals surface area contributed by atoms with Crippen molar-refractivity contribution in [3.8, 4) is 0 Å². The average Bonchev–Trinajstić information content (AvgIpc) is 2.77. The molecule has 0 unspecified atom stereocenters. The van der Waals surface area contributed by atoms with Crippen LogP contribution in [0.4, 0.5) is 11.4 Å². The van der Waals surface area contributed by atoms with Crippen molar-refractivity contribution in [1.29, 1.82) is 0 Å². The summed E-state index contributed by atoms with van der Waals surface area (Å²) in [4.78, 5) is 17.1. The van der Waals surface area contributed by atoms with Gasteiger partial charge >= 0.3 is 0 Å². The van der Waals surface area contributed by atoms with E-state index in [1.54, 1.807) is 0 Å². The fourth-order valence-electron chi connectivity index (χ4n) is 3.74. The Morgan fingerprint density at radius 1 is 0.724 bits per heavy atom. The first-order valence-corrected chi connectivity index (χ1v) is 10.2. The summed E-state index contributed by atoms with van der Waals surface area (Å²) in [6.45, 7) is 5.17. The number of amides is 1. The van der Waals surface area contributed by atoms with Crippen LogP contribution in [0, 0.1) is 0 Å². The van der Waals surface area contributed by atoms with Crippen LogP contribution in [0.25, 0.3) is 0 Å². The summed E-state index contributed by atoms with van der Waals surface area (Å²) in [6, 6.07) is 28.7. The highest BCUT2D eigenvalue weighted by Crippen LogP contribution is 2.17. The van der Waals surface area contributed by atoms with E-state index >= 15 is 0 Å². The maximum atomic E-state index is 12.2. The van der Waals surface area contributed by atoms with E-state index in [4.69, 9.17) is 0 Å². The minimum absolute atomic E-state index is 0.0148. The molecule has 148 valence electrons. The first-order chi connectivity index (χ1) is 14.3. The molecule has 1 aliphatic heterocycles. The fraction of sp³-hybridized carbons (Fsp3) is 0.240. The zero-order chi connectivity index (χ0) is 19.9. The number of rotatable bonds is 6. The molecule has 3 aromatic carbocycles. The molecule has 1 fully saturated rings. The summed E-state index contributed by atoms with van der Waals surface area (Å²) in [5, 5.41) is 2.99. The third kappa shape index (κ3) is 5.46. The van der Waals surface area contributed by atoms with Crippen molar-refractivity contribution in [2.45, 2.75) is 13.0 Å². The second-order valence-electron chi connectivity index (χ2n) is 7.51. The molecule has 0 spiro atoms. The minimum atomic E-state index is 0.0148. The van der Waals surface area contributed by atoms with E-state index in [1.807, 2.05) is 42.5 Å². The van der Waals surface area contributed by atoms with Gasteiger partial charge in [-0.1, -0.05) is 60.7 Å². The number of para-hydroxylation sites is 1. The largest absolute Gasteiger partial charge is 0.369 e. The van der Waals surface area contributed by atoms with Gasteiger partial charge in [0.25, 0.3) is 0 Å². The van der Waals surface area contributed by atoms with Gasteiger partial charge in [-0.2, -0.15) is 0 Å². The van der Waals surface area contributed by atoms with Gasteiger partial charge in [0.1, 0.15) is 0 Å². The van der Waals surface area contributed by atoms with E-state index in [0.717, 1.165) is 44.0 Å². The van der Waals surface area contributed by atoms with Crippen molar-refractivity contribution in [3.05, 3.63) is 96.1 Å². The SMILES string of the molecule is O=C(Cc1ccccc1)Nc1ccc(CN2CCN(c3ccccc3)CC2)cc1. The molecule has 0 bridgehead atoms. The number of anilines is 2. The molecule has 0 atom stereocenters. The standard InChI is InChI=1S/C25H27N3O/c29-25(19-21-7-3-1-4-8-21)26-23-13-11-22(12-14-23)20-27-15-17-28(18-16-27)24-9-5-2-6-10-24/h1-14H,15-20H2,(H,26,29). The van der Waals surface area contributed by atoms with Gasteiger partial charge in [-0.3, -0.25) is 9.69 Å². The molecule has 4 rings (SSSR count). The van der Waals surface area contributed by atoms with E-state index in [0.29, 0.717) is 6.42 Å². The molecule has 1 saturated heterocycles. The third-order valence-corrected chi connectivity index (χ3v) is 5.35. The summed E-state index contributed by atoms with van der Waals surface area (Å²) in [6.07, 6.45) is 0.397. The Hall–Kier alpha value is -3.11. The Morgan fingerprint density at radius 3 is 2.00 bits per heavy atom. The zero-order valence-electron chi connectivity index (χ0n) is 16.6. The molecule has 1 N–H and O–H groups in total. The maximum Gasteiger partial charge on any atom is 0.228 e. The molecule has 1 amide bonds. The summed E-state index contributed by atoms with van der Waals surface area (Å²) >= 11 is 0. The highest BCUT2D eigenvalue weighted by molar-refractivity contribution is 5.92. The van der Waals surface area contributed by atoms with Gasteiger partial charge in [0.05, 0.1) is 6.42 Å². The Labute approximate surface area is 172 Å². The van der Waals surface area contributed by atoms with Gasteiger partial charge in [0.15, 0.2) is 0 Å². The highest BCUT2D eigenvalue weighted by atomic mass is 16.1. The van der Waals surface area contributed by atoms with E-state index < -0.39 is 0 Å².